The Bertz CT molecular complexity index is 297. The first-order valence-electron chi connectivity index (χ1n) is 4.13. The number of rotatable bonds is 2. The van der Waals surface area contributed by atoms with Gasteiger partial charge in [0, 0.05) is 23.0 Å². The Hall–Kier alpha value is -1.12. The standard InChI is InChI=1S/C9H15N3/c1-6(2)12-8(4)9(5-11-12)7(3)10/h5-6,10H,1-4H3. The Morgan fingerprint density at radius 3 is 2.42 bits per heavy atom. The highest BCUT2D eigenvalue weighted by atomic mass is 15.3. The van der Waals surface area contributed by atoms with Crippen LogP contribution in [0.1, 0.15) is 38.1 Å². The molecule has 0 aromatic carbocycles. The quantitative estimate of drug-likeness (QED) is 0.670. The maximum atomic E-state index is 7.48. The van der Waals surface area contributed by atoms with Crippen LogP contribution in [0.25, 0.3) is 0 Å². The fourth-order valence-corrected chi connectivity index (χ4v) is 1.31. The Labute approximate surface area is 72.9 Å². The van der Waals surface area contributed by atoms with Gasteiger partial charge in [-0.3, -0.25) is 4.68 Å². The second-order valence-corrected chi connectivity index (χ2v) is 3.31. The fourth-order valence-electron chi connectivity index (χ4n) is 1.31. The minimum atomic E-state index is 0.373. The van der Waals surface area contributed by atoms with E-state index in [1.165, 1.54) is 0 Å². The maximum absolute atomic E-state index is 7.48. The average molecular weight is 165 g/mol. The third kappa shape index (κ3) is 1.40. The van der Waals surface area contributed by atoms with E-state index in [0.717, 1.165) is 11.3 Å². The number of aromatic nitrogens is 2. The van der Waals surface area contributed by atoms with Crippen LogP contribution in [0.3, 0.4) is 0 Å². The van der Waals surface area contributed by atoms with Gasteiger partial charge in [-0.05, 0) is 27.7 Å². The molecule has 0 saturated heterocycles. The molecular weight excluding hydrogens is 150 g/mol. The molecule has 1 N–H and O–H groups in total. The maximum Gasteiger partial charge on any atom is 0.0583 e. The summed E-state index contributed by atoms with van der Waals surface area (Å²) in [6.07, 6.45) is 1.76. The molecule has 1 aromatic heterocycles. The van der Waals surface area contributed by atoms with Crippen molar-refractivity contribution in [2.75, 3.05) is 0 Å². The van der Waals surface area contributed by atoms with Gasteiger partial charge in [0.05, 0.1) is 6.20 Å². The molecule has 0 radical (unpaired) electrons. The minimum Gasteiger partial charge on any atom is -0.305 e. The second-order valence-electron chi connectivity index (χ2n) is 3.31. The largest absolute Gasteiger partial charge is 0.305 e. The fraction of sp³-hybridized carbons (Fsp3) is 0.556. The summed E-state index contributed by atoms with van der Waals surface area (Å²) in [4.78, 5) is 0. The van der Waals surface area contributed by atoms with Crippen LogP contribution in [-0.4, -0.2) is 15.5 Å². The molecule has 1 heterocycles. The van der Waals surface area contributed by atoms with E-state index in [0.29, 0.717) is 11.8 Å². The Balaban J connectivity index is 3.13. The number of nitrogens with zero attached hydrogens (tertiary/aromatic N) is 2. The summed E-state index contributed by atoms with van der Waals surface area (Å²) in [5, 5.41) is 11.7. The summed E-state index contributed by atoms with van der Waals surface area (Å²) in [5.41, 5.74) is 2.61. The first-order chi connectivity index (χ1) is 5.54. The van der Waals surface area contributed by atoms with Gasteiger partial charge in [-0.25, -0.2) is 0 Å². The van der Waals surface area contributed by atoms with Gasteiger partial charge >= 0.3 is 0 Å². The van der Waals surface area contributed by atoms with E-state index in [2.05, 4.69) is 18.9 Å². The third-order valence-electron chi connectivity index (χ3n) is 1.94. The first-order valence-corrected chi connectivity index (χ1v) is 4.13. The zero-order chi connectivity index (χ0) is 9.30. The molecule has 0 unspecified atom stereocenters. The summed E-state index contributed by atoms with van der Waals surface area (Å²) in [6, 6.07) is 0.373. The van der Waals surface area contributed by atoms with Crippen LogP contribution in [0.4, 0.5) is 0 Å². The van der Waals surface area contributed by atoms with Crippen LogP contribution in [0, 0.1) is 12.3 Å². The van der Waals surface area contributed by atoms with Crippen LogP contribution in [0.15, 0.2) is 6.20 Å². The molecule has 66 valence electrons. The lowest BCUT2D eigenvalue weighted by molar-refractivity contribution is 0.519. The lowest BCUT2D eigenvalue weighted by Crippen LogP contribution is -2.05. The monoisotopic (exact) mass is 165 g/mol. The normalized spacial score (nSPS) is 10.8. The van der Waals surface area contributed by atoms with E-state index < -0.39 is 0 Å². The van der Waals surface area contributed by atoms with Crippen LogP contribution < -0.4 is 0 Å². The predicted octanol–water partition coefficient (Wildman–Crippen LogP) is 2.16. The van der Waals surface area contributed by atoms with Gasteiger partial charge < -0.3 is 5.41 Å². The van der Waals surface area contributed by atoms with E-state index in [-0.39, 0.29) is 0 Å². The summed E-state index contributed by atoms with van der Waals surface area (Å²) in [7, 11) is 0. The molecule has 0 fully saturated rings. The highest BCUT2D eigenvalue weighted by Gasteiger charge is 2.09. The van der Waals surface area contributed by atoms with Crippen molar-refractivity contribution < 1.29 is 0 Å². The molecule has 0 atom stereocenters. The van der Waals surface area contributed by atoms with Crippen LogP contribution >= 0.6 is 0 Å². The predicted molar refractivity (Wildman–Crippen MR) is 49.9 cm³/mol. The number of nitrogens with one attached hydrogen (secondary N) is 1. The summed E-state index contributed by atoms with van der Waals surface area (Å²) in [6.45, 7) is 7.96. The van der Waals surface area contributed by atoms with Crippen molar-refractivity contribution in [2.45, 2.75) is 33.7 Å². The van der Waals surface area contributed by atoms with Crippen molar-refractivity contribution in [3.05, 3.63) is 17.5 Å². The summed E-state index contributed by atoms with van der Waals surface area (Å²) >= 11 is 0. The zero-order valence-electron chi connectivity index (χ0n) is 8.05. The summed E-state index contributed by atoms with van der Waals surface area (Å²) in [5.74, 6) is 0. The van der Waals surface area contributed by atoms with Crippen molar-refractivity contribution in [2.24, 2.45) is 0 Å². The van der Waals surface area contributed by atoms with Crippen molar-refractivity contribution in [1.82, 2.24) is 9.78 Å². The molecule has 0 amide bonds. The SMILES string of the molecule is CC(=N)c1cnn(C(C)C)c1C. The molecule has 1 aromatic rings. The Morgan fingerprint density at radius 1 is 1.58 bits per heavy atom. The topological polar surface area (TPSA) is 41.7 Å². The molecule has 0 aliphatic rings. The molecule has 0 aliphatic carbocycles. The molecule has 0 bridgehead atoms. The van der Waals surface area contributed by atoms with Crippen LogP contribution in [-0.2, 0) is 0 Å². The van der Waals surface area contributed by atoms with Gasteiger partial charge in [0.15, 0.2) is 0 Å². The second kappa shape index (κ2) is 3.09. The van der Waals surface area contributed by atoms with Crippen LogP contribution in [0.5, 0.6) is 0 Å². The highest BCUT2D eigenvalue weighted by molar-refractivity contribution is 5.96. The van der Waals surface area contributed by atoms with Crippen molar-refractivity contribution in [3.63, 3.8) is 0 Å². The van der Waals surface area contributed by atoms with Crippen molar-refractivity contribution in [3.8, 4) is 0 Å². The van der Waals surface area contributed by atoms with Crippen molar-refractivity contribution in [1.29, 1.82) is 5.41 Å². The average Bonchev–Trinajstić information content (AvgIpc) is 2.30. The van der Waals surface area contributed by atoms with Gasteiger partial charge in [0.1, 0.15) is 0 Å². The Kier molecular flexibility index (Phi) is 2.31. The molecular formula is C9H15N3. The summed E-state index contributed by atoms with van der Waals surface area (Å²) < 4.78 is 1.94. The molecule has 0 aliphatic heterocycles. The van der Waals surface area contributed by atoms with Gasteiger partial charge in [-0.2, -0.15) is 5.10 Å². The van der Waals surface area contributed by atoms with Gasteiger partial charge in [-0.15, -0.1) is 0 Å². The van der Waals surface area contributed by atoms with E-state index in [4.69, 9.17) is 5.41 Å². The van der Waals surface area contributed by atoms with E-state index >= 15 is 0 Å². The lowest BCUT2D eigenvalue weighted by atomic mass is 10.2. The molecule has 0 spiro atoms. The molecule has 3 heteroatoms. The molecule has 12 heavy (non-hydrogen) atoms. The molecule has 0 saturated carbocycles. The molecule has 1 rings (SSSR count). The first kappa shape index (κ1) is 8.97. The minimum absolute atomic E-state index is 0.373. The zero-order valence-corrected chi connectivity index (χ0v) is 8.05. The number of hydrogen-bond acceptors (Lipinski definition) is 2. The van der Waals surface area contributed by atoms with Gasteiger partial charge in [-0.1, -0.05) is 0 Å². The van der Waals surface area contributed by atoms with Gasteiger partial charge in [0.2, 0.25) is 0 Å². The smallest absolute Gasteiger partial charge is 0.0583 e. The third-order valence-corrected chi connectivity index (χ3v) is 1.94. The van der Waals surface area contributed by atoms with Crippen molar-refractivity contribution >= 4 is 5.71 Å². The number of hydrogen-bond donors (Lipinski definition) is 1. The van der Waals surface area contributed by atoms with E-state index in [1.807, 2.05) is 11.6 Å². The van der Waals surface area contributed by atoms with Crippen LogP contribution in [0.2, 0.25) is 0 Å². The lowest BCUT2D eigenvalue weighted by Gasteiger charge is -2.08. The van der Waals surface area contributed by atoms with E-state index in [9.17, 15) is 0 Å². The molecule has 3 nitrogen and oxygen atoms in total. The van der Waals surface area contributed by atoms with E-state index in [1.54, 1.807) is 13.1 Å². The highest BCUT2D eigenvalue weighted by Crippen LogP contribution is 2.12. The Morgan fingerprint density at radius 2 is 2.17 bits per heavy atom. The van der Waals surface area contributed by atoms with Gasteiger partial charge in [0.25, 0.3) is 0 Å².